The first kappa shape index (κ1) is 20.3. The molecular weight excluding hydrogens is 400 g/mol. The summed E-state index contributed by atoms with van der Waals surface area (Å²) in [7, 11) is 2.07. The molecular formula is C25H26N6O. The summed E-state index contributed by atoms with van der Waals surface area (Å²) in [5, 5.41) is 8.91. The van der Waals surface area contributed by atoms with Crippen molar-refractivity contribution in [3.8, 4) is 11.1 Å². The van der Waals surface area contributed by atoms with Gasteiger partial charge in [-0.25, -0.2) is 9.50 Å². The fraction of sp³-hybridized carbons (Fsp3) is 0.280. The smallest absolute Gasteiger partial charge is 0.272 e. The molecule has 0 N–H and O–H groups in total. The van der Waals surface area contributed by atoms with Crippen molar-refractivity contribution in [2.75, 3.05) is 26.7 Å². The molecule has 1 aromatic carbocycles. The monoisotopic (exact) mass is 426 g/mol. The van der Waals surface area contributed by atoms with Crippen molar-refractivity contribution in [1.29, 1.82) is 0 Å². The molecule has 5 rings (SSSR count). The van der Waals surface area contributed by atoms with Gasteiger partial charge in [-0.1, -0.05) is 47.2 Å². The van der Waals surface area contributed by atoms with Gasteiger partial charge in [0.15, 0.2) is 0 Å². The number of pyridine rings is 2. The fourth-order valence-electron chi connectivity index (χ4n) is 4.25. The molecule has 0 saturated carbocycles. The van der Waals surface area contributed by atoms with Gasteiger partial charge in [0, 0.05) is 37.1 Å². The Hall–Kier alpha value is -3.58. The predicted molar refractivity (Wildman–Crippen MR) is 123 cm³/mol. The maximum atomic E-state index is 13.1. The number of benzene rings is 1. The summed E-state index contributed by atoms with van der Waals surface area (Å²) in [5.41, 5.74) is 6.65. The Morgan fingerprint density at radius 3 is 2.53 bits per heavy atom. The third-order valence-corrected chi connectivity index (χ3v) is 6.18. The van der Waals surface area contributed by atoms with E-state index in [1.54, 1.807) is 6.07 Å². The van der Waals surface area contributed by atoms with Crippen molar-refractivity contribution >= 4 is 11.4 Å². The topological polar surface area (TPSA) is 66.6 Å². The van der Waals surface area contributed by atoms with Crippen LogP contribution in [0.15, 0.2) is 60.8 Å². The first-order valence-corrected chi connectivity index (χ1v) is 10.8. The van der Waals surface area contributed by atoms with Crippen molar-refractivity contribution in [1.82, 2.24) is 29.6 Å². The molecule has 7 nitrogen and oxygen atoms in total. The number of fused-ring (bicyclic) bond motifs is 1. The van der Waals surface area contributed by atoms with Gasteiger partial charge in [-0.15, -0.1) is 5.10 Å². The molecule has 0 aliphatic carbocycles. The third-order valence-electron chi connectivity index (χ3n) is 6.18. The summed E-state index contributed by atoms with van der Waals surface area (Å²) in [4.78, 5) is 21.6. The lowest BCUT2D eigenvalue weighted by atomic mass is 10.0. The van der Waals surface area contributed by atoms with Crippen LogP contribution < -0.4 is 0 Å². The van der Waals surface area contributed by atoms with Crippen molar-refractivity contribution < 1.29 is 4.79 Å². The van der Waals surface area contributed by atoms with Crippen LogP contribution in [0.2, 0.25) is 0 Å². The Balaban J connectivity index is 1.43. The Labute approximate surface area is 187 Å². The van der Waals surface area contributed by atoms with E-state index in [2.05, 4.69) is 70.6 Å². The lowest BCUT2D eigenvalue weighted by Gasteiger charge is -2.38. The van der Waals surface area contributed by atoms with Crippen LogP contribution in [-0.4, -0.2) is 62.2 Å². The van der Waals surface area contributed by atoms with Crippen molar-refractivity contribution in [3.63, 3.8) is 0 Å². The molecule has 1 saturated heterocycles. The van der Waals surface area contributed by atoms with Gasteiger partial charge in [0.2, 0.25) is 0 Å². The molecule has 32 heavy (non-hydrogen) atoms. The number of likely N-dealkylation sites (N-methyl/N-ethyl adjacent to an activating group) is 1. The Kier molecular flexibility index (Phi) is 5.19. The minimum atomic E-state index is -0.0371. The number of carbonyl (C=O) groups is 1. The summed E-state index contributed by atoms with van der Waals surface area (Å²) in [5.74, 6) is -0.0371. The van der Waals surface area contributed by atoms with Crippen LogP contribution in [0.1, 0.15) is 33.5 Å². The summed E-state index contributed by atoms with van der Waals surface area (Å²) in [6.07, 6.45) is 2.01. The molecule has 0 spiro atoms. The van der Waals surface area contributed by atoms with Crippen molar-refractivity contribution in [2.45, 2.75) is 19.9 Å². The van der Waals surface area contributed by atoms with Crippen LogP contribution in [0.3, 0.4) is 0 Å². The van der Waals surface area contributed by atoms with E-state index in [1.807, 2.05) is 34.7 Å². The van der Waals surface area contributed by atoms with E-state index in [4.69, 9.17) is 0 Å². The van der Waals surface area contributed by atoms with Gasteiger partial charge in [0.1, 0.15) is 11.4 Å². The van der Waals surface area contributed by atoms with Crippen LogP contribution in [-0.2, 0) is 0 Å². The molecule has 4 aromatic rings. The summed E-state index contributed by atoms with van der Waals surface area (Å²) in [6, 6.07) is 18.2. The molecule has 4 heterocycles. The van der Waals surface area contributed by atoms with E-state index in [1.165, 1.54) is 5.56 Å². The number of nitrogens with zero attached hydrogens (tertiary/aromatic N) is 6. The fourth-order valence-corrected chi connectivity index (χ4v) is 4.25. The van der Waals surface area contributed by atoms with Crippen LogP contribution in [0.5, 0.6) is 0 Å². The zero-order valence-corrected chi connectivity index (χ0v) is 18.6. The molecule has 1 aliphatic rings. The van der Waals surface area contributed by atoms with E-state index in [9.17, 15) is 4.79 Å². The molecule has 1 amide bonds. The molecule has 1 atom stereocenters. The third kappa shape index (κ3) is 3.76. The zero-order valence-electron chi connectivity index (χ0n) is 18.6. The summed E-state index contributed by atoms with van der Waals surface area (Å²) < 4.78 is 1.83. The SMILES string of the molecule is Cc1ccc(-c2ccc3c(C4CN(C(=O)c5cccc(C)n5)CCN4C)nnn3c2)cc1. The number of amides is 1. The van der Waals surface area contributed by atoms with Crippen LogP contribution in [0.25, 0.3) is 16.6 Å². The van der Waals surface area contributed by atoms with Crippen molar-refractivity contribution in [2.24, 2.45) is 0 Å². The summed E-state index contributed by atoms with van der Waals surface area (Å²) in [6.45, 7) is 5.97. The highest BCUT2D eigenvalue weighted by Crippen LogP contribution is 2.28. The number of carbonyl (C=O) groups excluding carboxylic acids is 1. The largest absolute Gasteiger partial charge is 0.334 e. The average molecular weight is 427 g/mol. The number of hydrogen-bond donors (Lipinski definition) is 0. The number of hydrogen-bond acceptors (Lipinski definition) is 5. The minimum Gasteiger partial charge on any atom is -0.334 e. The van der Waals surface area contributed by atoms with Gasteiger partial charge in [0.05, 0.1) is 11.6 Å². The van der Waals surface area contributed by atoms with Crippen LogP contribution in [0, 0.1) is 13.8 Å². The van der Waals surface area contributed by atoms with E-state index >= 15 is 0 Å². The highest BCUT2D eigenvalue weighted by Gasteiger charge is 2.32. The lowest BCUT2D eigenvalue weighted by Crippen LogP contribution is -2.49. The number of rotatable bonds is 3. The molecule has 1 aliphatic heterocycles. The van der Waals surface area contributed by atoms with E-state index in [0.717, 1.165) is 34.6 Å². The van der Waals surface area contributed by atoms with Crippen LogP contribution in [0.4, 0.5) is 0 Å². The quantitative estimate of drug-likeness (QED) is 0.501. The van der Waals surface area contributed by atoms with Gasteiger partial charge >= 0.3 is 0 Å². The van der Waals surface area contributed by atoms with Crippen LogP contribution >= 0.6 is 0 Å². The van der Waals surface area contributed by atoms with Gasteiger partial charge < -0.3 is 4.90 Å². The van der Waals surface area contributed by atoms with E-state index in [0.29, 0.717) is 18.8 Å². The van der Waals surface area contributed by atoms with E-state index < -0.39 is 0 Å². The highest BCUT2D eigenvalue weighted by molar-refractivity contribution is 5.92. The van der Waals surface area contributed by atoms with Gasteiger partial charge in [-0.05, 0) is 44.7 Å². The van der Waals surface area contributed by atoms with E-state index in [-0.39, 0.29) is 11.9 Å². The Bertz CT molecular complexity index is 1280. The number of piperazine rings is 1. The first-order valence-electron chi connectivity index (χ1n) is 10.8. The molecule has 3 aromatic heterocycles. The first-order chi connectivity index (χ1) is 15.5. The minimum absolute atomic E-state index is 0.0276. The second-order valence-corrected chi connectivity index (χ2v) is 8.50. The van der Waals surface area contributed by atoms with Gasteiger partial charge in [-0.3, -0.25) is 9.69 Å². The second-order valence-electron chi connectivity index (χ2n) is 8.50. The van der Waals surface area contributed by atoms with Crippen molar-refractivity contribution in [3.05, 3.63) is 83.4 Å². The summed E-state index contributed by atoms with van der Waals surface area (Å²) >= 11 is 0. The standard InChI is InChI=1S/C25H26N6O/c1-17-7-9-19(10-8-17)20-11-12-22-24(27-28-31(22)15-20)23-16-30(14-13-29(23)3)25(32)21-6-4-5-18(2)26-21/h4-12,15,23H,13-14,16H2,1-3H3. The maximum absolute atomic E-state index is 13.1. The second kappa shape index (κ2) is 8.16. The molecule has 1 unspecified atom stereocenters. The maximum Gasteiger partial charge on any atom is 0.272 e. The molecule has 0 radical (unpaired) electrons. The predicted octanol–water partition coefficient (Wildman–Crippen LogP) is 3.54. The lowest BCUT2D eigenvalue weighted by molar-refractivity contribution is 0.0536. The molecule has 0 bridgehead atoms. The number of aromatic nitrogens is 4. The van der Waals surface area contributed by atoms with Gasteiger partial charge in [-0.2, -0.15) is 0 Å². The Morgan fingerprint density at radius 1 is 0.969 bits per heavy atom. The number of aryl methyl sites for hydroxylation is 2. The molecule has 7 heteroatoms. The zero-order chi connectivity index (χ0) is 22.2. The van der Waals surface area contributed by atoms with Gasteiger partial charge in [0.25, 0.3) is 5.91 Å². The highest BCUT2D eigenvalue weighted by atomic mass is 16.2. The molecule has 162 valence electrons. The normalized spacial score (nSPS) is 17.1. The average Bonchev–Trinajstić information content (AvgIpc) is 3.22. The molecule has 1 fully saturated rings. The Morgan fingerprint density at radius 2 is 1.75 bits per heavy atom.